The summed E-state index contributed by atoms with van der Waals surface area (Å²) in [5, 5.41) is 1.03. The van der Waals surface area contributed by atoms with Crippen molar-refractivity contribution in [3.05, 3.63) is 12.2 Å². The lowest BCUT2D eigenvalue weighted by molar-refractivity contribution is 0.770. The van der Waals surface area contributed by atoms with Crippen LogP contribution in [0, 0.1) is 0 Å². The van der Waals surface area contributed by atoms with Gasteiger partial charge in [0.25, 0.3) is 0 Å². The molecule has 0 bridgehead atoms. The molecule has 4 nitrogen and oxygen atoms in total. The van der Waals surface area contributed by atoms with Gasteiger partial charge in [0.1, 0.15) is 16.4 Å². The van der Waals surface area contributed by atoms with Crippen molar-refractivity contribution in [2.45, 2.75) is 45.2 Å². The van der Waals surface area contributed by atoms with Crippen LogP contribution in [-0.4, -0.2) is 25.3 Å². The van der Waals surface area contributed by atoms with Crippen LogP contribution in [0.3, 0.4) is 0 Å². The maximum absolute atomic E-state index is 4.58. The molecule has 0 aliphatic rings. The first kappa shape index (κ1) is 12.4. The molecule has 5 heteroatoms. The van der Waals surface area contributed by atoms with Gasteiger partial charge >= 0.3 is 0 Å². The summed E-state index contributed by atoms with van der Waals surface area (Å²) in [4.78, 5) is 13.6. The quantitative estimate of drug-likeness (QED) is 0.604. The first-order valence-corrected chi connectivity index (χ1v) is 7.13. The summed E-state index contributed by atoms with van der Waals surface area (Å²) in [7, 11) is 0. The van der Waals surface area contributed by atoms with Crippen LogP contribution in [0.5, 0.6) is 0 Å². The van der Waals surface area contributed by atoms with E-state index in [1.54, 1.807) is 11.8 Å². The Morgan fingerprint density at radius 2 is 2.06 bits per heavy atom. The summed E-state index contributed by atoms with van der Waals surface area (Å²) < 4.78 is 2.08. The van der Waals surface area contributed by atoms with E-state index in [0.717, 1.165) is 47.2 Å². The Balaban J connectivity index is 2.52. The lowest BCUT2D eigenvalue weighted by Crippen LogP contribution is -2.00. The summed E-state index contributed by atoms with van der Waals surface area (Å²) in [6.07, 6.45) is 3.87. The van der Waals surface area contributed by atoms with E-state index < -0.39 is 0 Å². The molecule has 17 heavy (non-hydrogen) atoms. The van der Waals surface area contributed by atoms with E-state index in [1.807, 2.05) is 6.33 Å². The molecule has 0 saturated heterocycles. The van der Waals surface area contributed by atoms with E-state index in [1.165, 1.54) is 0 Å². The number of fused-ring (bicyclic) bond motifs is 1. The molecule has 0 atom stereocenters. The zero-order chi connectivity index (χ0) is 12.3. The Bertz CT molecular complexity index is 506. The largest absolute Gasteiger partial charge is 0.315 e. The number of hydrogen-bond acceptors (Lipinski definition) is 4. The van der Waals surface area contributed by atoms with Crippen LogP contribution in [-0.2, 0) is 13.0 Å². The zero-order valence-corrected chi connectivity index (χ0v) is 11.4. The molecule has 0 aliphatic carbocycles. The normalized spacial score (nSPS) is 11.2. The molecule has 2 aromatic heterocycles. The second-order valence-electron chi connectivity index (χ2n) is 3.85. The summed E-state index contributed by atoms with van der Waals surface area (Å²) in [5.41, 5.74) is 1.92. The molecule has 0 unspecified atom stereocenters. The Labute approximate surface area is 106 Å². The molecule has 0 fully saturated rings. The van der Waals surface area contributed by atoms with Gasteiger partial charge < -0.3 is 4.57 Å². The second kappa shape index (κ2) is 5.49. The second-order valence-corrected chi connectivity index (χ2v) is 4.93. The monoisotopic (exact) mass is 250 g/mol. The van der Waals surface area contributed by atoms with E-state index in [-0.39, 0.29) is 0 Å². The van der Waals surface area contributed by atoms with Gasteiger partial charge in [-0.15, -0.1) is 11.8 Å². The van der Waals surface area contributed by atoms with Gasteiger partial charge in [-0.1, -0.05) is 13.8 Å². The standard InChI is InChI=1S/C12H18N4S/c1-4-7-17-12-10-11(14-9(5-2)15-12)16(6-3)8-13-10/h8H,4-7H2,1-3H3. The molecule has 0 aromatic carbocycles. The van der Waals surface area contributed by atoms with Crippen molar-refractivity contribution in [2.75, 3.05) is 5.75 Å². The van der Waals surface area contributed by atoms with Crippen molar-refractivity contribution in [2.24, 2.45) is 0 Å². The van der Waals surface area contributed by atoms with E-state index >= 15 is 0 Å². The van der Waals surface area contributed by atoms with E-state index in [2.05, 4.69) is 40.3 Å². The number of hydrogen-bond donors (Lipinski definition) is 0. The maximum atomic E-state index is 4.58. The lowest BCUT2D eigenvalue weighted by atomic mass is 10.4. The van der Waals surface area contributed by atoms with Gasteiger partial charge in [0, 0.05) is 13.0 Å². The van der Waals surface area contributed by atoms with E-state index in [4.69, 9.17) is 0 Å². The van der Waals surface area contributed by atoms with Gasteiger partial charge in [0.2, 0.25) is 0 Å². The first-order chi connectivity index (χ1) is 8.30. The van der Waals surface area contributed by atoms with Crippen LogP contribution >= 0.6 is 11.8 Å². The Morgan fingerprint density at radius 1 is 1.24 bits per heavy atom. The molecule has 2 heterocycles. The van der Waals surface area contributed by atoms with Crippen LogP contribution in [0.4, 0.5) is 0 Å². The summed E-state index contributed by atoms with van der Waals surface area (Å²) in [6.45, 7) is 7.26. The highest BCUT2D eigenvalue weighted by molar-refractivity contribution is 7.99. The van der Waals surface area contributed by atoms with Crippen molar-refractivity contribution in [3.8, 4) is 0 Å². The van der Waals surface area contributed by atoms with Crippen LogP contribution in [0.15, 0.2) is 11.4 Å². The molecule has 0 N–H and O–H groups in total. The highest BCUT2D eigenvalue weighted by Crippen LogP contribution is 2.24. The fourth-order valence-corrected chi connectivity index (χ4v) is 2.50. The Hall–Kier alpha value is -1.10. The van der Waals surface area contributed by atoms with Crippen molar-refractivity contribution < 1.29 is 0 Å². The van der Waals surface area contributed by atoms with Crippen molar-refractivity contribution in [1.82, 2.24) is 19.5 Å². The molecule has 0 saturated carbocycles. The summed E-state index contributed by atoms with van der Waals surface area (Å²) in [5.74, 6) is 1.99. The van der Waals surface area contributed by atoms with Gasteiger partial charge in [-0.25, -0.2) is 15.0 Å². The van der Waals surface area contributed by atoms with Gasteiger partial charge in [0.15, 0.2) is 5.65 Å². The van der Waals surface area contributed by atoms with Crippen molar-refractivity contribution in [3.63, 3.8) is 0 Å². The van der Waals surface area contributed by atoms with Gasteiger partial charge in [-0.05, 0) is 19.1 Å². The fourth-order valence-electron chi connectivity index (χ4n) is 1.65. The maximum Gasteiger partial charge on any atom is 0.164 e. The third-order valence-corrected chi connectivity index (χ3v) is 3.75. The topological polar surface area (TPSA) is 43.6 Å². The minimum atomic E-state index is 0.866. The zero-order valence-electron chi connectivity index (χ0n) is 10.6. The molecular weight excluding hydrogens is 232 g/mol. The minimum absolute atomic E-state index is 0.866. The Kier molecular flexibility index (Phi) is 3.99. The van der Waals surface area contributed by atoms with E-state index in [9.17, 15) is 0 Å². The minimum Gasteiger partial charge on any atom is -0.315 e. The number of imidazole rings is 1. The number of aromatic nitrogens is 4. The summed E-state index contributed by atoms with van der Waals surface area (Å²) in [6, 6.07) is 0. The number of rotatable bonds is 5. The summed E-state index contributed by atoms with van der Waals surface area (Å²) >= 11 is 1.78. The van der Waals surface area contributed by atoms with Gasteiger partial charge in [-0.2, -0.15) is 0 Å². The predicted molar refractivity (Wildman–Crippen MR) is 71.4 cm³/mol. The van der Waals surface area contributed by atoms with Crippen LogP contribution < -0.4 is 0 Å². The van der Waals surface area contributed by atoms with Gasteiger partial charge in [0.05, 0.1) is 6.33 Å². The third-order valence-electron chi connectivity index (χ3n) is 2.58. The molecular formula is C12H18N4S. The Morgan fingerprint density at radius 3 is 2.71 bits per heavy atom. The van der Waals surface area contributed by atoms with Crippen LogP contribution in [0.2, 0.25) is 0 Å². The highest BCUT2D eigenvalue weighted by Gasteiger charge is 2.12. The average Bonchev–Trinajstić information content (AvgIpc) is 2.78. The number of thioether (sulfide) groups is 1. The molecule has 2 aromatic rings. The predicted octanol–water partition coefficient (Wildman–Crippen LogP) is 2.91. The lowest BCUT2D eigenvalue weighted by Gasteiger charge is -2.04. The van der Waals surface area contributed by atoms with Crippen LogP contribution in [0.1, 0.15) is 33.0 Å². The van der Waals surface area contributed by atoms with Crippen molar-refractivity contribution in [1.29, 1.82) is 0 Å². The van der Waals surface area contributed by atoms with Gasteiger partial charge in [-0.3, -0.25) is 0 Å². The molecule has 0 aliphatic heterocycles. The SMILES string of the molecule is CCCSc1nc(CC)nc2c1ncn2CC. The molecule has 0 radical (unpaired) electrons. The molecule has 0 spiro atoms. The average molecular weight is 250 g/mol. The highest BCUT2D eigenvalue weighted by atomic mass is 32.2. The van der Waals surface area contributed by atoms with Crippen LogP contribution in [0.25, 0.3) is 11.2 Å². The molecule has 0 amide bonds. The third kappa shape index (κ3) is 2.44. The number of nitrogens with zero attached hydrogens (tertiary/aromatic N) is 4. The smallest absolute Gasteiger partial charge is 0.164 e. The molecule has 92 valence electrons. The molecule has 2 rings (SSSR count). The fraction of sp³-hybridized carbons (Fsp3) is 0.583. The van der Waals surface area contributed by atoms with E-state index in [0.29, 0.717) is 0 Å². The number of aryl methyl sites for hydroxylation is 2. The first-order valence-electron chi connectivity index (χ1n) is 6.14. The van der Waals surface area contributed by atoms with Crippen molar-refractivity contribution >= 4 is 22.9 Å².